The first-order valence-electron chi connectivity index (χ1n) is 9.41. The number of carbonyl (C=O) groups excluding carboxylic acids is 2. The van der Waals surface area contributed by atoms with E-state index in [4.69, 9.17) is 15.2 Å². The Labute approximate surface area is 163 Å². The molecule has 7 nitrogen and oxygen atoms in total. The van der Waals surface area contributed by atoms with E-state index in [0.717, 1.165) is 30.6 Å². The molecule has 1 fully saturated rings. The van der Waals surface area contributed by atoms with Crippen LogP contribution < -0.4 is 25.4 Å². The highest BCUT2D eigenvalue weighted by molar-refractivity contribution is 5.94. The Hall–Kier alpha value is -3.22. The number of primary amides is 1. The van der Waals surface area contributed by atoms with E-state index in [9.17, 15) is 9.59 Å². The van der Waals surface area contributed by atoms with Gasteiger partial charge in [0, 0.05) is 30.9 Å². The van der Waals surface area contributed by atoms with E-state index < -0.39 is 0 Å². The lowest BCUT2D eigenvalue weighted by atomic mass is 9.97. The molecule has 3 N–H and O–H groups in total. The van der Waals surface area contributed by atoms with E-state index in [1.807, 2.05) is 24.3 Å². The van der Waals surface area contributed by atoms with Crippen LogP contribution in [0.3, 0.4) is 0 Å². The van der Waals surface area contributed by atoms with Gasteiger partial charge in [-0.25, -0.2) is 0 Å². The van der Waals surface area contributed by atoms with Crippen LogP contribution in [0.4, 0.5) is 5.69 Å². The van der Waals surface area contributed by atoms with Gasteiger partial charge in [0.25, 0.3) is 5.91 Å². The number of anilines is 1. The van der Waals surface area contributed by atoms with Crippen LogP contribution in [-0.2, 0) is 11.3 Å². The van der Waals surface area contributed by atoms with Gasteiger partial charge in [-0.15, -0.1) is 0 Å². The highest BCUT2D eigenvalue weighted by Crippen LogP contribution is 2.32. The molecule has 1 atom stereocenters. The van der Waals surface area contributed by atoms with Crippen molar-refractivity contribution < 1.29 is 19.1 Å². The third kappa shape index (κ3) is 3.88. The van der Waals surface area contributed by atoms with Gasteiger partial charge in [-0.05, 0) is 48.7 Å². The number of nitrogens with zero attached hydrogens (tertiary/aromatic N) is 1. The van der Waals surface area contributed by atoms with Gasteiger partial charge in [0.05, 0.1) is 5.92 Å². The molecule has 2 aliphatic heterocycles. The van der Waals surface area contributed by atoms with Crippen LogP contribution >= 0.6 is 0 Å². The molecule has 0 radical (unpaired) electrons. The molecule has 4 rings (SSSR count). The highest BCUT2D eigenvalue weighted by Gasteiger charge is 2.24. The van der Waals surface area contributed by atoms with Crippen molar-refractivity contribution in [3.05, 3.63) is 53.6 Å². The normalized spacial score (nSPS) is 18.0. The second-order valence-corrected chi connectivity index (χ2v) is 7.10. The van der Waals surface area contributed by atoms with E-state index >= 15 is 0 Å². The SMILES string of the molecule is NC(=O)[C@H]1CCCN(c2ccc(CNC(=O)c3ccc4c(c3)OCO4)cc2)C1. The molecule has 0 aliphatic carbocycles. The third-order valence-electron chi connectivity index (χ3n) is 5.21. The predicted octanol–water partition coefficient (Wildman–Crippen LogP) is 2.05. The van der Waals surface area contributed by atoms with Crippen LogP contribution in [0.15, 0.2) is 42.5 Å². The van der Waals surface area contributed by atoms with Crippen molar-refractivity contribution in [2.45, 2.75) is 19.4 Å². The Kier molecular flexibility index (Phi) is 5.06. The molecule has 0 unspecified atom stereocenters. The van der Waals surface area contributed by atoms with Crippen molar-refractivity contribution in [1.29, 1.82) is 0 Å². The lowest BCUT2D eigenvalue weighted by Gasteiger charge is -2.33. The van der Waals surface area contributed by atoms with Gasteiger partial charge >= 0.3 is 0 Å². The maximum absolute atomic E-state index is 12.4. The number of fused-ring (bicyclic) bond motifs is 1. The first-order valence-corrected chi connectivity index (χ1v) is 9.41. The molecule has 2 amide bonds. The molecule has 0 aromatic heterocycles. The highest BCUT2D eigenvalue weighted by atomic mass is 16.7. The monoisotopic (exact) mass is 381 g/mol. The van der Waals surface area contributed by atoms with Crippen molar-refractivity contribution in [3.63, 3.8) is 0 Å². The number of nitrogens with two attached hydrogens (primary N) is 1. The van der Waals surface area contributed by atoms with Gasteiger partial charge in [0.15, 0.2) is 11.5 Å². The standard InChI is InChI=1S/C21H23N3O4/c22-20(25)16-2-1-9-24(12-16)17-6-3-14(4-7-17)11-23-21(26)15-5-8-18-19(10-15)28-13-27-18/h3-8,10,16H,1-2,9,11-13H2,(H2,22,25)(H,23,26)/t16-/m0/s1. The summed E-state index contributed by atoms with van der Waals surface area (Å²) in [5.41, 5.74) is 8.06. The zero-order valence-electron chi connectivity index (χ0n) is 15.5. The summed E-state index contributed by atoms with van der Waals surface area (Å²) in [5.74, 6) is 0.765. The number of hydrogen-bond acceptors (Lipinski definition) is 5. The molecule has 7 heteroatoms. The fourth-order valence-electron chi connectivity index (χ4n) is 3.59. The molecule has 28 heavy (non-hydrogen) atoms. The minimum Gasteiger partial charge on any atom is -0.454 e. The summed E-state index contributed by atoms with van der Waals surface area (Å²) in [4.78, 5) is 26.0. The largest absolute Gasteiger partial charge is 0.454 e. The van der Waals surface area contributed by atoms with Crippen molar-refractivity contribution >= 4 is 17.5 Å². The van der Waals surface area contributed by atoms with Crippen molar-refractivity contribution in [3.8, 4) is 11.5 Å². The Balaban J connectivity index is 1.34. The first kappa shape index (κ1) is 18.2. The molecular formula is C21H23N3O4. The van der Waals surface area contributed by atoms with Crippen LogP contribution in [0.25, 0.3) is 0 Å². The number of benzene rings is 2. The summed E-state index contributed by atoms with van der Waals surface area (Å²) in [7, 11) is 0. The Morgan fingerprint density at radius 3 is 2.68 bits per heavy atom. The molecule has 2 aliphatic rings. The number of nitrogens with one attached hydrogen (secondary N) is 1. The van der Waals surface area contributed by atoms with Crippen LogP contribution in [0.5, 0.6) is 11.5 Å². The summed E-state index contributed by atoms with van der Waals surface area (Å²) in [6.45, 7) is 2.20. The smallest absolute Gasteiger partial charge is 0.251 e. The molecular weight excluding hydrogens is 358 g/mol. The minimum absolute atomic E-state index is 0.0885. The van der Waals surface area contributed by atoms with Crippen molar-refractivity contribution in [2.24, 2.45) is 11.7 Å². The zero-order valence-corrected chi connectivity index (χ0v) is 15.5. The maximum Gasteiger partial charge on any atom is 0.251 e. The van der Waals surface area contributed by atoms with E-state index in [2.05, 4.69) is 10.2 Å². The summed E-state index contributed by atoms with van der Waals surface area (Å²) in [6, 6.07) is 13.2. The van der Waals surface area contributed by atoms with E-state index in [-0.39, 0.29) is 24.5 Å². The van der Waals surface area contributed by atoms with Gasteiger partial charge in [-0.1, -0.05) is 12.1 Å². The predicted molar refractivity (Wildman–Crippen MR) is 104 cm³/mol. The summed E-state index contributed by atoms with van der Waals surface area (Å²) in [6.07, 6.45) is 1.82. The Morgan fingerprint density at radius 1 is 1.11 bits per heavy atom. The van der Waals surface area contributed by atoms with Gasteiger partial charge in [-0.2, -0.15) is 0 Å². The van der Waals surface area contributed by atoms with E-state index in [1.165, 1.54) is 0 Å². The van der Waals surface area contributed by atoms with Gasteiger partial charge in [0.1, 0.15) is 0 Å². The summed E-state index contributed by atoms with van der Waals surface area (Å²) in [5, 5.41) is 2.92. The molecule has 146 valence electrons. The second kappa shape index (κ2) is 7.80. The average Bonchev–Trinajstić information content (AvgIpc) is 3.20. The topological polar surface area (TPSA) is 93.9 Å². The lowest BCUT2D eigenvalue weighted by molar-refractivity contribution is -0.122. The van der Waals surface area contributed by atoms with Crippen molar-refractivity contribution in [2.75, 3.05) is 24.8 Å². The van der Waals surface area contributed by atoms with Gasteiger partial charge < -0.3 is 25.4 Å². The number of rotatable bonds is 5. The quantitative estimate of drug-likeness (QED) is 0.827. The van der Waals surface area contributed by atoms with E-state index in [1.54, 1.807) is 18.2 Å². The van der Waals surface area contributed by atoms with Crippen LogP contribution in [0.1, 0.15) is 28.8 Å². The number of ether oxygens (including phenoxy) is 2. The molecule has 0 bridgehead atoms. The van der Waals surface area contributed by atoms with Crippen LogP contribution in [-0.4, -0.2) is 31.7 Å². The number of carbonyl (C=O) groups is 2. The Bertz CT molecular complexity index is 882. The number of piperidine rings is 1. The first-order chi connectivity index (χ1) is 13.6. The minimum atomic E-state index is -0.229. The second-order valence-electron chi connectivity index (χ2n) is 7.10. The van der Waals surface area contributed by atoms with Gasteiger partial charge in [-0.3, -0.25) is 9.59 Å². The summed E-state index contributed by atoms with van der Waals surface area (Å²) < 4.78 is 10.6. The molecule has 2 heterocycles. The number of hydrogen-bond donors (Lipinski definition) is 2. The average molecular weight is 381 g/mol. The summed E-state index contributed by atoms with van der Waals surface area (Å²) >= 11 is 0. The molecule has 2 aromatic carbocycles. The fraction of sp³-hybridized carbons (Fsp3) is 0.333. The molecule has 0 spiro atoms. The van der Waals surface area contributed by atoms with Crippen LogP contribution in [0.2, 0.25) is 0 Å². The van der Waals surface area contributed by atoms with Crippen LogP contribution in [0, 0.1) is 5.92 Å². The molecule has 1 saturated heterocycles. The lowest BCUT2D eigenvalue weighted by Crippen LogP contribution is -2.41. The van der Waals surface area contributed by atoms with Gasteiger partial charge in [0.2, 0.25) is 12.7 Å². The van der Waals surface area contributed by atoms with Crippen molar-refractivity contribution in [1.82, 2.24) is 5.32 Å². The zero-order chi connectivity index (χ0) is 19.5. The Morgan fingerprint density at radius 2 is 1.89 bits per heavy atom. The molecule has 2 aromatic rings. The molecule has 0 saturated carbocycles. The number of amides is 2. The van der Waals surface area contributed by atoms with E-state index in [0.29, 0.717) is 30.2 Å². The maximum atomic E-state index is 12.4. The third-order valence-corrected chi connectivity index (χ3v) is 5.21. The fourth-order valence-corrected chi connectivity index (χ4v) is 3.59.